The molecule has 230 valence electrons. The monoisotopic (exact) mass is 580 g/mol. The average Bonchev–Trinajstić information content (AvgIpc) is 3.53. The van der Waals surface area contributed by atoms with Crippen LogP contribution in [0.4, 0.5) is 9.59 Å². The molecule has 1 aromatic carbocycles. The van der Waals surface area contributed by atoms with Crippen LogP contribution >= 0.6 is 0 Å². The Labute approximate surface area is 250 Å². The molecule has 5 heterocycles. The van der Waals surface area contributed by atoms with Crippen LogP contribution in [0, 0.1) is 5.92 Å². The summed E-state index contributed by atoms with van der Waals surface area (Å²) >= 11 is 0. The van der Waals surface area contributed by atoms with E-state index in [4.69, 9.17) is 9.47 Å². The van der Waals surface area contributed by atoms with E-state index in [2.05, 4.69) is 29.2 Å². The normalized spacial score (nSPS) is 32.6. The van der Waals surface area contributed by atoms with E-state index in [9.17, 15) is 14.4 Å². The van der Waals surface area contributed by atoms with Gasteiger partial charge in [-0.2, -0.15) is 0 Å². The van der Waals surface area contributed by atoms with Crippen molar-refractivity contribution in [1.82, 2.24) is 19.6 Å². The molecule has 0 radical (unpaired) electrons. The molecule has 0 aromatic heterocycles. The molecule has 5 saturated heterocycles. The van der Waals surface area contributed by atoms with E-state index in [0.717, 1.165) is 32.2 Å². The van der Waals surface area contributed by atoms with E-state index >= 15 is 0 Å². The fourth-order valence-electron chi connectivity index (χ4n) is 8.56. The number of ether oxygens (including phenoxy) is 2. The fourth-order valence-corrected chi connectivity index (χ4v) is 8.56. The molecule has 4 atom stereocenters. The van der Waals surface area contributed by atoms with Crippen LogP contribution in [0.25, 0.3) is 0 Å². The molecule has 5 fully saturated rings. The predicted molar refractivity (Wildman–Crippen MR) is 159 cm³/mol. The number of urea groups is 1. The number of rotatable bonds is 5. The quantitative estimate of drug-likeness (QED) is 0.463. The van der Waals surface area contributed by atoms with Gasteiger partial charge in [0, 0.05) is 62.9 Å². The van der Waals surface area contributed by atoms with Crippen LogP contribution in [0.5, 0.6) is 0 Å². The zero-order chi connectivity index (χ0) is 29.8. The standard InChI is InChI=1S/C33H48N4O5/c1-22(2)37-30(39)36(25-13-15-41-16-14-25)29(38)33(37)17-26-11-12-27(18-33)35(26)20-24-19-34(31(40)42-32(3,4)5)21-28(24)23-9-7-6-8-10-23/h6-10,22,24-28H,11-21H2,1-5H3/t24-,26?,27?,28-,33?/m1/s1. The Morgan fingerprint density at radius 3 is 2.21 bits per heavy atom. The molecule has 2 unspecified atom stereocenters. The Morgan fingerprint density at radius 1 is 0.976 bits per heavy atom. The minimum Gasteiger partial charge on any atom is -0.444 e. The Morgan fingerprint density at radius 2 is 1.62 bits per heavy atom. The molecule has 1 aromatic rings. The van der Waals surface area contributed by atoms with Gasteiger partial charge in [-0.25, -0.2) is 9.59 Å². The number of amides is 4. The molecular weight excluding hydrogens is 532 g/mol. The van der Waals surface area contributed by atoms with Gasteiger partial charge in [0.05, 0.1) is 0 Å². The van der Waals surface area contributed by atoms with Gasteiger partial charge in [0.2, 0.25) is 0 Å². The Balaban J connectivity index is 1.23. The highest BCUT2D eigenvalue weighted by molar-refractivity contribution is 6.07. The third-order valence-electron chi connectivity index (χ3n) is 10.2. The summed E-state index contributed by atoms with van der Waals surface area (Å²) in [4.78, 5) is 49.3. The van der Waals surface area contributed by atoms with Gasteiger partial charge in [0.15, 0.2) is 0 Å². The summed E-state index contributed by atoms with van der Waals surface area (Å²) in [5.41, 5.74) is -0.0451. The van der Waals surface area contributed by atoms with Gasteiger partial charge in [-0.05, 0) is 84.6 Å². The number of imide groups is 1. The lowest BCUT2D eigenvalue weighted by molar-refractivity contribution is -0.140. The Hall–Kier alpha value is -2.65. The van der Waals surface area contributed by atoms with Crippen LogP contribution in [-0.4, -0.2) is 106 Å². The minimum atomic E-state index is -0.761. The predicted octanol–water partition coefficient (Wildman–Crippen LogP) is 4.85. The van der Waals surface area contributed by atoms with Gasteiger partial charge in [0.1, 0.15) is 11.1 Å². The summed E-state index contributed by atoms with van der Waals surface area (Å²) in [5, 5.41) is 0. The van der Waals surface area contributed by atoms with Crippen LogP contribution in [0.15, 0.2) is 30.3 Å². The molecule has 5 aliphatic rings. The number of carbonyl (C=O) groups excluding carboxylic acids is 3. The second-order valence-corrected chi connectivity index (χ2v) is 14.4. The summed E-state index contributed by atoms with van der Waals surface area (Å²) in [7, 11) is 0. The number of nitrogens with zero attached hydrogens (tertiary/aromatic N) is 4. The molecule has 0 saturated carbocycles. The molecule has 2 bridgehead atoms. The van der Waals surface area contributed by atoms with E-state index in [-0.39, 0.29) is 54.0 Å². The highest BCUT2D eigenvalue weighted by atomic mass is 16.6. The fraction of sp³-hybridized carbons (Fsp3) is 0.727. The molecule has 9 nitrogen and oxygen atoms in total. The van der Waals surface area contributed by atoms with E-state index in [0.29, 0.717) is 39.1 Å². The van der Waals surface area contributed by atoms with E-state index < -0.39 is 11.1 Å². The molecule has 6 rings (SSSR count). The van der Waals surface area contributed by atoms with Gasteiger partial charge in [-0.3, -0.25) is 14.6 Å². The third kappa shape index (κ3) is 5.21. The molecule has 1 spiro atoms. The largest absolute Gasteiger partial charge is 0.444 e. The van der Waals surface area contributed by atoms with Crippen LogP contribution in [0.3, 0.4) is 0 Å². The zero-order valence-corrected chi connectivity index (χ0v) is 26.0. The maximum absolute atomic E-state index is 14.3. The van der Waals surface area contributed by atoms with Crippen molar-refractivity contribution in [2.45, 2.75) is 114 Å². The van der Waals surface area contributed by atoms with Gasteiger partial charge >= 0.3 is 12.1 Å². The van der Waals surface area contributed by atoms with Crippen LogP contribution in [-0.2, 0) is 14.3 Å². The molecule has 9 heteroatoms. The van der Waals surface area contributed by atoms with Crippen molar-refractivity contribution in [1.29, 1.82) is 0 Å². The topological polar surface area (TPSA) is 82.6 Å². The van der Waals surface area contributed by atoms with Crippen molar-refractivity contribution >= 4 is 18.0 Å². The molecule has 4 amide bonds. The molecule has 0 N–H and O–H groups in total. The highest BCUT2D eigenvalue weighted by Gasteiger charge is 2.64. The second-order valence-electron chi connectivity index (χ2n) is 14.4. The zero-order valence-electron chi connectivity index (χ0n) is 26.0. The first-order valence-electron chi connectivity index (χ1n) is 16.0. The van der Waals surface area contributed by atoms with E-state index in [1.807, 2.05) is 50.5 Å². The van der Waals surface area contributed by atoms with Crippen molar-refractivity contribution in [3.05, 3.63) is 35.9 Å². The number of likely N-dealkylation sites (tertiary alicyclic amines) is 1. The lowest BCUT2D eigenvalue weighted by Gasteiger charge is -2.48. The summed E-state index contributed by atoms with van der Waals surface area (Å²) in [5.74, 6) is 0.501. The van der Waals surface area contributed by atoms with Crippen molar-refractivity contribution in [2.75, 3.05) is 32.8 Å². The van der Waals surface area contributed by atoms with E-state index in [1.54, 1.807) is 4.90 Å². The van der Waals surface area contributed by atoms with Crippen LogP contribution in [0.1, 0.15) is 84.6 Å². The first kappa shape index (κ1) is 29.4. The maximum Gasteiger partial charge on any atom is 0.410 e. The average molecular weight is 581 g/mol. The first-order chi connectivity index (χ1) is 20.0. The number of hydrogen-bond acceptors (Lipinski definition) is 6. The van der Waals surface area contributed by atoms with Crippen LogP contribution < -0.4 is 0 Å². The number of carbonyl (C=O) groups is 3. The smallest absolute Gasteiger partial charge is 0.410 e. The van der Waals surface area contributed by atoms with Gasteiger partial charge in [0.25, 0.3) is 5.91 Å². The van der Waals surface area contributed by atoms with Crippen LogP contribution in [0.2, 0.25) is 0 Å². The summed E-state index contributed by atoms with van der Waals surface area (Å²) in [6.07, 6.45) is 4.63. The second kappa shape index (κ2) is 11.1. The molecular formula is C33H48N4O5. The number of benzene rings is 1. The Kier molecular flexibility index (Phi) is 7.79. The van der Waals surface area contributed by atoms with Crippen molar-refractivity contribution in [3.8, 4) is 0 Å². The number of hydrogen-bond donors (Lipinski definition) is 0. The maximum atomic E-state index is 14.3. The lowest BCUT2D eigenvalue weighted by Crippen LogP contribution is -2.62. The SMILES string of the molecule is CC(C)N1C(=O)N(C2CCOCC2)C(=O)C12CC1CCC(C2)N1C[C@H]1CN(C(=O)OC(C)(C)C)C[C@@H]1c1ccccc1. The van der Waals surface area contributed by atoms with E-state index in [1.165, 1.54) is 5.56 Å². The lowest BCUT2D eigenvalue weighted by atomic mass is 9.79. The number of piperidine rings is 1. The van der Waals surface area contributed by atoms with Gasteiger partial charge in [-0.15, -0.1) is 0 Å². The summed E-state index contributed by atoms with van der Waals surface area (Å²) in [6, 6.07) is 10.8. The highest BCUT2D eigenvalue weighted by Crippen LogP contribution is 2.50. The summed E-state index contributed by atoms with van der Waals surface area (Å²) in [6.45, 7) is 13.2. The molecule has 5 aliphatic heterocycles. The molecule has 42 heavy (non-hydrogen) atoms. The Bertz CT molecular complexity index is 1160. The van der Waals surface area contributed by atoms with Crippen molar-refractivity contribution < 1.29 is 23.9 Å². The van der Waals surface area contributed by atoms with Gasteiger partial charge in [-0.1, -0.05) is 30.3 Å². The first-order valence-corrected chi connectivity index (χ1v) is 16.0. The van der Waals surface area contributed by atoms with Crippen molar-refractivity contribution in [2.24, 2.45) is 5.92 Å². The third-order valence-corrected chi connectivity index (χ3v) is 10.2. The number of fused-ring (bicyclic) bond motifs is 2. The minimum absolute atomic E-state index is 0.0174. The van der Waals surface area contributed by atoms with Gasteiger partial charge < -0.3 is 19.3 Å². The van der Waals surface area contributed by atoms with Crippen molar-refractivity contribution in [3.63, 3.8) is 0 Å². The summed E-state index contributed by atoms with van der Waals surface area (Å²) < 4.78 is 11.3. The molecule has 0 aliphatic carbocycles.